The second-order valence-electron chi connectivity index (χ2n) is 8.55. The number of ether oxygens (including phenoxy) is 1. The number of hydrogen-bond acceptors (Lipinski definition) is 4. The molecular formula is C23H34N2OS. The third kappa shape index (κ3) is 4.98. The zero-order valence-corrected chi connectivity index (χ0v) is 18.1. The van der Waals surface area contributed by atoms with E-state index >= 15 is 0 Å². The Balaban J connectivity index is 1.72. The molecule has 148 valence electrons. The fourth-order valence-electron chi connectivity index (χ4n) is 4.09. The van der Waals surface area contributed by atoms with Gasteiger partial charge in [0.15, 0.2) is 0 Å². The van der Waals surface area contributed by atoms with Gasteiger partial charge in [0.2, 0.25) is 0 Å². The molecule has 27 heavy (non-hydrogen) atoms. The molecule has 0 N–H and O–H groups in total. The molecule has 0 amide bonds. The van der Waals surface area contributed by atoms with Crippen LogP contribution in [0.4, 0.5) is 0 Å². The average Bonchev–Trinajstić information content (AvgIpc) is 3.31. The molecule has 3 heterocycles. The minimum absolute atomic E-state index is 0.00383. The number of aromatic nitrogens is 1. The molecule has 1 atom stereocenters. The van der Waals surface area contributed by atoms with E-state index in [1.807, 2.05) is 18.3 Å². The smallest absolute Gasteiger partial charge is 0.0535 e. The van der Waals surface area contributed by atoms with Gasteiger partial charge in [0.05, 0.1) is 6.61 Å². The van der Waals surface area contributed by atoms with Gasteiger partial charge in [0.1, 0.15) is 0 Å². The molecule has 0 aromatic carbocycles. The average molecular weight is 387 g/mol. The quantitative estimate of drug-likeness (QED) is 0.537. The van der Waals surface area contributed by atoms with E-state index in [0.717, 1.165) is 44.8 Å². The van der Waals surface area contributed by atoms with Gasteiger partial charge in [-0.05, 0) is 76.1 Å². The van der Waals surface area contributed by atoms with E-state index in [9.17, 15) is 0 Å². The van der Waals surface area contributed by atoms with Crippen molar-refractivity contribution in [2.24, 2.45) is 5.41 Å². The SMILES string of the molecule is CCCOCC1(CCc2cccs2)CCN(C(C)(C)c2ccc(C)nc2)C1. The first-order chi connectivity index (χ1) is 13.0. The van der Waals surface area contributed by atoms with Gasteiger partial charge in [-0.2, -0.15) is 0 Å². The summed E-state index contributed by atoms with van der Waals surface area (Å²) in [4.78, 5) is 8.67. The van der Waals surface area contributed by atoms with Crippen LogP contribution in [-0.4, -0.2) is 36.2 Å². The fraction of sp³-hybridized carbons (Fsp3) is 0.609. The van der Waals surface area contributed by atoms with Crippen LogP contribution in [0.3, 0.4) is 0 Å². The van der Waals surface area contributed by atoms with Gasteiger partial charge in [-0.15, -0.1) is 11.3 Å². The van der Waals surface area contributed by atoms with Crippen molar-refractivity contribution in [3.8, 4) is 0 Å². The molecule has 2 aromatic heterocycles. The van der Waals surface area contributed by atoms with Crippen LogP contribution in [-0.2, 0) is 16.7 Å². The summed E-state index contributed by atoms with van der Waals surface area (Å²) >= 11 is 1.88. The highest BCUT2D eigenvalue weighted by molar-refractivity contribution is 7.09. The molecule has 1 unspecified atom stereocenters. The summed E-state index contributed by atoms with van der Waals surface area (Å²) < 4.78 is 6.09. The van der Waals surface area contributed by atoms with E-state index in [4.69, 9.17) is 4.74 Å². The third-order valence-corrected chi connectivity index (χ3v) is 7.02. The molecule has 0 bridgehead atoms. The molecule has 0 radical (unpaired) electrons. The van der Waals surface area contributed by atoms with Crippen molar-refractivity contribution in [3.05, 3.63) is 52.0 Å². The molecule has 3 nitrogen and oxygen atoms in total. The van der Waals surface area contributed by atoms with E-state index in [1.165, 1.54) is 23.3 Å². The Kier molecular flexibility index (Phi) is 6.72. The lowest BCUT2D eigenvalue weighted by molar-refractivity contribution is 0.0329. The Bertz CT molecular complexity index is 696. The van der Waals surface area contributed by atoms with Gasteiger partial charge in [-0.25, -0.2) is 0 Å². The summed E-state index contributed by atoms with van der Waals surface area (Å²) in [5.41, 5.74) is 2.64. The number of rotatable bonds is 9. The lowest BCUT2D eigenvalue weighted by Crippen LogP contribution is -2.42. The van der Waals surface area contributed by atoms with Crippen molar-refractivity contribution in [2.75, 3.05) is 26.3 Å². The van der Waals surface area contributed by atoms with Gasteiger partial charge in [0.25, 0.3) is 0 Å². The van der Waals surface area contributed by atoms with Crippen LogP contribution < -0.4 is 0 Å². The van der Waals surface area contributed by atoms with Crippen molar-refractivity contribution < 1.29 is 4.74 Å². The first-order valence-corrected chi connectivity index (χ1v) is 11.1. The highest BCUT2D eigenvalue weighted by Crippen LogP contribution is 2.41. The lowest BCUT2D eigenvalue weighted by atomic mass is 9.82. The Morgan fingerprint density at radius 1 is 1.30 bits per heavy atom. The van der Waals surface area contributed by atoms with Crippen LogP contribution in [0.15, 0.2) is 35.8 Å². The van der Waals surface area contributed by atoms with E-state index in [-0.39, 0.29) is 11.0 Å². The predicted octanol–water partition coefficient (Wildman–Crippen LogP) is 5.44. The third-order valence-electron chi connectivity index (χ3n) is 6.09. The van der Waals surface area contributed by atoms with Gasteiger partial charge < -0.3 is 4.74 Å². The maximum absolute atomic E-state index is 6.09. The summed E-state index contributed by atoms with van der Waals surface area (Å²) in [5.74, 6) is 0. The molecule has 0 saturated carbocycles. The second kappa shape index (κ2) is 8.85. The van der Waals surface area contributed by atoms with Crippen LogP contribution >= 0.6 is 11.3 Å². The monoisotopic (exact) mass is 386 g/mol. The van der Waals surface area contributed by atoms with Crippen molar-refractivity contribution in [3.63, 3.8) is 0 Å². The second-order valence-corrected chi connectivity index (χ2v) is 9.58. The fourth-order valence-corrected chi connectivity index (χ4v) is 4.80. The number of thiophene rings is 1. The molecule has 1 saturated heterocycles. The number of aryl methyl sites for hydroxylation is 2. The molecule has 1 fully saturated rings. The number of likely N-dealkylation sites (tertiary alicyclic amines) is 1. The maximum Gasteiger partial charge on any atom is 0.0535 e. The first kappa shape index (κ1) is 20.5. The van der Waals surface area contributed by atoms with Gasteiger partial charge >= 0.3 is 0 Å². The number of nitrogens with zero attached hydrogens (tertiary/aromatic N) is 2. The highest BCUT2D eigenvalue weighted by atomic mass is 32.1. The van der Waals surface area contributed by atoms with Crippen molar-refractivity contribution >= 4 is 11.3 Å². The molecule has 4 heteroatoms. The summed E-state index contributed by atoms with van der Waals surface area (Å²) in [7, 11) is 0. The molecule has 1 aliphatic heterocycles. The van der Waals surface area contributed by atoms with Crippen molar-refractivity contribution in [1.82, 2.24) is 9.88 Å². The molecule has 0 spiro atoms. The highest BCUT2D eigenvalue weighted by Gasteiger charge is 2.43. The Hall–Kier alpha value is -1.23. The van der Waals surface area contributed by atoms with Gasteiger partial charge in [-0.3, -0.25) is 9.88 Å². The van der Waals surface area contributed by atoms with Crippen molar-refractivity contribution in [2.45, 2.75) is 58.9 Å². The zero-order chi connectivity index (χ0) is 19.3. The number of pyridine rings is 1. The number of hydrogen-bond donors (Lipinski definition) is 0. The minimum Gasteiger partial charge on any atom is -0.381 e. The zero-order valence-electron chi connectivity index (χ0n) is 17.3. The van der Waals surface area contributed by atoms with Gasteiger partial charge in [0, 0.05) is 40.9 Å². The molecule has 3 rings (SSSR count). The maximum atomic E-state index is 6.09. The Labute approximate surface area is 168 Å². The standard InChI is InChI=1S/C23H34N2OS/c1-5-14-26-18-23(11-10-21-7-6-15-27-21)12-13-25(17-23)22(3,4)20-9-8-19(2)24-16-20/h6-9,15-16H,5,10-14,17-18H2,1-4H3. The first-order valence-electron chi connectivity index (χ1n) is 10.2. The largest absolute Gasteiger partial charge is 0.381 e. The molecular weight excluding hydrogens is 352 g/mol. The summed E-state index contributed by atoms with van der Waals surface area (Å²) in [5, 5.41) is 2.18. The van der Waals surface area contributed by atoms with E-state index in [0.29, 0.717) is 0 Å². The predicted molar refractivity (Wildman–Crippen MR) is 114 cm³/mol. The van der Waals surface area contributed by atoms with Gasteiger partial charge in [-0.1, -0.05) is 19.1 Å². The topological polar surface area (TPSA) is 25.4 Å². The van der Waals surface area contributed by atoms with Crippen LogP contribution in [0.1, 0.15) is 56.2 Å². The van der Waals surface area contributed by atoms with Crippen LogP contribution in [0.2, 0.25) is 0 Å². The minimum atomic E-state index is -0.00383. The van der Waals surface area contributed by atoms with Crippen LogP contribution in [0.5, 0.6) is 0 Å². The van der Waals surface area contributed by atoms with E-state index in [1.54, 1.807) is 0 Å². The Morgan fingerprint density at radius 2 is 2.15 bits per heavy atom. The molecule has 0 aliphatic carbocycles. The van der Waals surface area contributed by atoms with Crippen LogP contribution in [0, 0.1) is 12.3 Å². The van der Waals surface area contributed by atoms with E-state index < -0.39 is 0 Å². The summed E-state index contributed by atoms with van der Waals surface area (Å²) in [6, 6.07) is 8.79. The normalized spacial score (nSPS) is 21.0. The lowest BCUT2D eigenvalue weighted by Gasteiger charge is -2.38. The summed E-state index contributed by atoms with van der Waals surface area (Å²) in [6.45, 7) is 12.9. The molecule has 2 aromatic rings. The summed E-state index contributed by atoms with van der Waals surface area (Å²) in [6.07, 6.45) is 6.72. The van der Waals surface area contributed by atoms with E-state index in [2.05, 4.69) is 66.5 Å². The Morgan fingerprint density at radius 3 is 2.81 bits per heavy atom. The van der Waals surface area contributed by atoms with Crippen LogP contribution in [0.25, 0.3) is 0 Å². The molecule has 1 aliphatic rings. The van der Waals surface area contributed by atoms with Crippen molar-refractivity contribution in [1.29, 1.82) is 0 Å².